The van der Waals surface area contributed by atoms with Crippen LogP contribution in [0.15, 0.2) is 78.9 Å². The van der Waals surface area contributed by atoms with Crippen molar-refractivity contribution in [3.8, 4) is 11.1 Å². The zero-order valence-corrected chi connectivity index (χ0v) is 16.7. The zero-order chi connectivity index (χ0) is 20.1. The molecule has 1 unspecified atom stereocenters. The summed E-state index contributed by atoms with van der Waals surface area (Å²) in [5, 5.41) is 2.99. The number of hydrogen-bond acceptors (Lipinski definition) is 3. The molecule has 148 valence electrons. The summed E-state index contributed by atoms with van der Waals surface area (Å²) in [5.41, 5.74) is 5.32. The van der Waals surface area contributed by atoms with Crippen LogP contribution in [0.3, 0.4) is 0 Å². The molecule has 0 aliphatic carbocycles. The van der Waals surface area contributed by atoms with E-state index in [1.807, 2.05) is 42.5 Å². The number of carbonyl (C=O) groups excluding carboxylic acids is 1. The minimum absolute atomic E-state index is 0.00849. The van der Waals surface area contributed by atoms with Gasteiger partial charge in [-0.3, -0.25) is 4.79 Å². The van der Waals surface area contributed by atoms with Gasteiger partial charge < -0.3 is 15.0 Å². The van der Waals surface area contributed by atoms with Gasteiger partial charge in [0.15, 0.2) is 0 Å². The van der Waals surface area contributed by atoms with Crippen molar-refractivity contribution in [3.05, 3.63) is 84.4 Å². The van der Waals surface area contributed by atoms with Crippen LogP contribution in [0.5, 0.6) is 0 Å². The van der Waals surface area contributed by atoms with Crippen LogP contribution in [0.4, 0.5) is 11.4 Å². The van der Waals surface area contributed by atoms with E-state index < -0.39 is 0 Å². The van der Waals surface area contributed by atoms with Gasteiger partial charge in [-0.15, -0.1) is 0 Å². The minimum Gasteiger partial charge on any atom is -0.380 e. The third kappa shape index (κ3) is 4.84. The summed E-state index contributed by atoms with van der Waals surface area (Å²) < 4.78 is 5.43. The van der Waals surface area contributed by atoms with Crippen LogP contribution >= 0.6 is 0 Å². The fourth-order valence-corrected chi connectivity index (χ4v) is 3.75. The highest BCUT2D eigenvalue weighted by atomic mass is 16.5. The van der Waals surface area contributed by atoms with Gasteiger partial charge in [0.25, 0.3) is 0 Å². The summed E-state index contributed by atoms with van der Waals surface area (Å²) in [5.74, 6) is -0.00849. The van der Waals surface area contributed by atoms with E-state index >= 15 is 0 Å². The van der Waals surface area contributed by atoms with Gasteiger partial charge in [0.2, 0.25) is 5.91 Å². The number of hydrogen-bond donors (Lipinski definition) is 1. The zero-order valence-electron chi connectivity index (χ0n) is 16.7. The molecule has 0 spiro atoms. The summed E-state index contributed by atoms with van der Waals surface area (Å²) in [6.07, 6.45) is 1.72. The Morgan fingerprint density at radius 1 is 0.966 bits per heavy atom. The molecule has 1 N–H and O–H groups in total. The molecule has 1 amide bonds. The maximum absolute atomic E-state index is 12.4. The van der Waals surface area contributed by atoms with E-state index in [1.54, 1.807) is 7.11 Å². The number of benzene rings is 3. The standard InChI is InChI=1S/C25H26N2O2/c1-29-24-15-16-27(18-24)23-13-11-22(12-14-23)26-25(28)17-19-7-9-21(10-8-19)20-5-3-2-4-6-20/h2-14,24H,15-18H2,1H3,(H,26,28). The van der Waals surface area contributed by atoms with Crippen LogP contribution in [-0.4, -0.2) is 32.2 Å². The molecule has 1 saturated heterocycles. The van der Waals surface area contributed by atoms with Crippen LogP contribution in [0.1, 0.15) is 12.0 Å². The summed E-state index contributed by atoms with van der Waals surface area (Å²) in [6, 6.07) is 26.5. The fourth-order valence-electron chi connectivity index (χ4n) is 3.75. The molecular weight excluding hydrogens is 360 g/mol. The van der Waals surface area contributed by atoms with Crippen molar-refractivity contribution in [2.45, 2.75) is 18.9 Å². The molecule has 3 aromatic carbocycles. The van der Waals surface area contributed by atoms with E-state index in [9.17, 15) is 4.79 Å². The van der Waals surface area contributed by atoms with Crippen LogP contribution < -0.4 is 10.2 Å². The summed E-state index contributed by atoms with van der Waals surface area (Å²) >= 11 is 0. The van der Waals surface area contributed by atoms with Crippen LogP contribution in [0.2, 0.25) is 0 Å². The number of amides is 1. The average molecular weight is 386 g/mol. The highest BCUT2D eigenvalue weighted by Gasteiger charge is 2.22. The van der Waals surface area contributed by atoms with Gasteiger partial charge in [0.05, 0.1) is 12.5 Å². The van der Waals surface area contributed by atoms with Crippen molar-refractivity contribution in [1.82, 2.24) is 0 Å². The molecule has 29 heavy (non-hydrogen) atoms. The van der Waals surface area contributed by atoms with Gasteiger partial charge in [0, 0.05) is 31.6 Å². The SMILES string of the molecule is COC1CCN(c2ccc(NC(=O)Cc3ccc(-c4ccccc4)cc3)cc2)C1. The Morgan fingerprint density at radius 2 is 1.66 bits per heavy atom. The molecule has 1 heterocycles. The summed E-state index contributed by atoms with van der Waals surface area (Å²) in [4.78, 5) is 14.7. The number of nitrogens with zero attached hydrogens (tertiary/aromatic N) is 1. The van der Waals surface area contributed by atoms with E-state index in [0.29, 0.717) is 12.5 Å². The fraction of sp³-hybridized carbons (Fsp3) is 0.240. The quantitative estimate of drug-likeness (QED) is 0.664. The lowest BCUT2D eigenvalue weighted by atomic mass is 10.0. The molecular formula is C25H26N2O2. The van der Waals surface area contributed by atoms with Gasteiger partial charge in [-0.2, -0.15) is 0 Å². The van der Waals surface area contributed by atoms with Crippen molar-refractivity contribution in [2.75, 3.05) is 30.4 Å². The van der Waals surface area contributed by atoms with Gasteiger partial charge >= 0.3 is 0 Å². The van der Waals surface area contributed by atoms with Crippen LogP contribution in [0.25, 0.3) is 11.1 Å². The first-order chi connectivity index (χ1) is 14.2. The Kier molecular flexibility index (Phi) is 5.92. The van der Waals surface area contributed by atoms with E-state index in [1.165, 1.54) is 11.3 Å². The topological polar surface area (TPSA) is 41.6 Å². The molecule has 0 bridgehead atoms. The van der Waals surface area contributed by atoms with Crippen LogP contribution in [-0.2, 0) is 16.0 Å². The first-order valence-corrected chi connectivity index (χ1v) is 10.0. The largest absolute Gasteiger partial charge is 0.380 e. The lowest BCUT2D eigenvalue weighted by molar-refractivity contribution is -0.115. The van der Waals surface area contributed by atoms with E-state index in [0.717, 1.165) is 36.3 Å². The van der Waals surface area contributed by atoms with Crippen molar-refractivity contribution >= 4 is 17.3 Å². The van der Waals surface area contributed by atoms with Crippen molar-refractivity contribution in [1.29, 1.82) is 0 Å². The van der Waals surface area contributed by atoms with Gasteiger partial charge in [0.1, 0.15) is 0 Å². The van der Waals surface area contributed by atoms with E-state index in [2.05, 4.69) is 46.6 Å². The average Bonchev–Trinajstić information content (AvgIpc) is 3.25. The lowest BCUT2D eigenvalue weighted by Crippen LogP contribution is -2.22. The van der Waals surface area contributed by atoms with Gasteiger partial charge in [-0.25, -0.2) is 0 Å². The van der Waals surface area contributed by atoms with Crippen molar-refractivity contribution < 1.29 is 9.53 Å². The number of anilines is 2. The molecule has 0 radical (unpaired) electrons. The van der Waals surface area contributed by atoms with E-state index in [4.69, 9.17) is 4.74 Å². The number of rotatable bonds is 6. The number of ether oxygens (including phenoxy) is 1. The molecule has 1 atom stereocenters. The Labute approximate surface area is 172 Å². The molecule has 1 aliphatic heterocycles. The van der Waals surface area contributed by atoms with Crippen molar-refractivity contribution in [3.63, 3.8) is 0 Å². The predicted molar refractivity (Wildman–Crippen MR) is 118 cm³/mol. The Bertz CT molecular complexity index is 937. The third-order valence-corrected chi connectivity index (χ3v) is 5.42. The molecule has 1 fully saturated rings. The predicted octanol–water partition coefficient (Wildman–Crippen LogP) is 4.76. The first kappa shape index (κ1) is 19.2. The summed E-state index contributed by atoms with van der Waals surface area (Å²) in [6.45, 7) is 1.92. The second kappa shape index (κ2) is 8.93. The third-order valence-electron chi connectivity index (χ3n) is 5.42. The Hall–Kier alpha value is -3.11. The molecule has 0 saturated carbocycles. The second-order valence-corrected chi connectivity index (χ2v) is 7.43. The second-order valence-electron chi connectivity index (χ2n) is 7.43. The molecule has 4 heteroatoms. The molecule has 4 nitrogen and oxygen atoms in total. The van der Waals surface area contributed by atoms with Crippen LogP contribution in [0, 0.1) is 0 Å². The number of carbonyl (C=O) groups is 1. The maximum Gasteiger partial charge on any atom is 0.228 e. The minimum atomic E-state index is -0.00849. The molecule has 3 aromatic rings. The van der Waals surface area contributed by atoms with Gasteiger partial charge in [-0.05, 0) is 47.4 Å². The first-order valence-electron chi connectivity index (χ1n) is 10.0. The highest BCUT2D eigenvalue weighted by molar-refractivity contribution is 5.92. The Balaban J connectivity index is 1.32. The van der Waals surface area contributed by atoms with Crippen molar-refractivity contribution in [2.24, 2.45) is 0 Å². The molecule has 1 aliphatic rings. The molecule has 4 rings (SSSR count). The maximum atomic E-state index is 12.4. The summed E-state index contributed by atoms with van der Waals surface area (Å²) in [7, 11) is 1.77. The van der Waals surface area contributed by atoms with Gasteiger partial charge in [-0.1, -0.05) is 54.6 Å². The molecule has 0 aromatic heterocycles. The van der Waals surface area contributed by atoms with E-state index in [-0.39, 0.29) is 5.91 Å². The number of nitrogens with one attached hydrogen (secondary N) is 1. The number of methoxy groups -OCH3 is 1. The highest BCUT2D eigenvalue weighted by Crippen LogP contribution is 2.24. The monoisotopic (exact) mass is 386 g/mol. The smallest absolute Gasteiger partial charge is 0.228 e. The lowest BCUT2D eigenvalue weighted by Gasteiger charge is -2.18. The Morgan fingerprint density at radius 3 is 2.31 bits per heavy atom. The normalized spacial score (nSPS) is 16.0.